The van der Waals surface area contributed by atoms with Crippen LogP contribution in [0.2, 0.25) is 0 Å². The number of rotatable bonds is 5. The van der Waals surface area contributed by atoms with Crippen LogP contribution in [0.5, 0.6) is 0 Å². The highest BCUT2D eigenvalue weighted by molar-refractivity contribution is 5.74. The van der Waals surface area contributed by atoms with Gasteiger partial charge in [-0.05, 0) is 36.5 Å². The first kappa shape index (κ1) is 18.5. The number of alkyl carbamates (subject to hydrolysis) is 1. The van der Waals surface area contributed by atoms with Crippen LogP contribution in [0.1, 0.15) is 43.5 Å². The summed E-state index contributed by atoms with van der Waals surface area (Å²) < 4.78 is 7.80. The summed E-state index contributed by atoms with van der Waals surface area (Å²) in [5, 5.41) is 11.6. The molecule has 1 amide bonds. The number of pyridine rings is 1. The molecule has 1 fully saturated rings. The molecule has 0 spiro atoms. The quantitative estimate of drug-likeness (QED) is 0.528. The number of carbonyl (C=O) groups excluding carboxylic acids is 1. The lowest BCUT2D eigenvalue weighted by atomic mass is 9.93. The van der Waals surface area contributed by atoms with E-state index in [1.165, 1.54) is 0 Å². The van der Waals surface area contributed by atoms with Crippen molar-refractivity contribution in [2.24, 2.45) is 5.92 Å². The minimum absolute atomic E-state index is 0.148. The van der Waals surface area contributed by atoms with Gasteiger partial charge in [0.05, 0.1) is 11.7 Å². The van der Waals surface area contributed by atoms with E-state index in [-0.39, 0.29) is 12.0 Å². The Balaban J connectivity index is 1.32. The van der Waals surface area contributed by atoms with Gasteiger partial charge in [-0.15, -0.1) is 10.2 Å². The highest BCUT2D eigenvalue weighted by Crippen LogP contribution is 2.42. The fourth-order valence-electron chi connectivity index (χ4n) is 4.45. The summed E-state index contributed by atoms with van der Waals surface area (Å²) in [7, 11) is 0. The van der Waals surface area contributed by atoms with Gasteiger partial charge in [0.15, 0.2) is 11.3 Å². The van der Waals surface area contributed by atoms with Crippen molar-refractivity contribution in [2.45, 2.75) is 44.8 Å². The molecule has 9 nitrogen and oxygen atoms in total. The largest absolute Gasteiger partial charge is 0.446 e. The third kappa shape index (κ3) is 3.36. The fraction of sp³-hybridized carbons (Fsp3) is 0.381. The summed E-state index contributed by atoms with van der Waals surface area (Å²) in [5.74, 6) is 1.45. The Bertz CT molecular complexity index is 1170. The standard InChI is InChI=1S/C21H23N7O2/c1-2-14-8-15(30-21(29)25-11-13-4-3-6-22-10-13)9-16(14)20-27-26-18-12-24-19-17(28(18)20)5-7-23-19/h3-7,10,12,14-16,23H,2,8-9,11H2,1H3,(H,25,29)/t14-,15+,16+/m1/s1. The molecule has 0 unspecified atom stereocenters. The van der Waals surface area contributed by atoms with Crippen molar-refractivity contribution >= 4 is 22.9 Å². The van der Waals surface area contributed by atoms with Crippen molar-refractivity contribution in [3.05, 3.63) is 54.4 Å². The Morgan fingerprint density at radius 2 is 2.23 bits per heavy atom. The number of nitrogens with zero attached hydrogens (tertiary/aromatic N) is 5. The molecule has 5 rings (SSSR count). The maximum absolute atomic E-state index is 12.3. The first-order chi connectivity index (χ1) is 14.7. The normalized spacial score (nSPS) is 21.3. The van der Waals surface area contributed by atoms with Crippen LogP contribution in [0.15, 0.2) is 43.0 Å². The second-order valence-corrected chi connectivity index (χ2v) is 7.71. The number of fused-ring (bicyclic) bond motifs is 3. The smallest absolute Gasteiger partial charge is 0.407 e. The molecule has 0 saturated heterocycles. The molecule has 1 aliphatic carbocycles. The Morgan fingerprint density at radius 3 is 3.07 bits per heavy atom. The number of ether oxygens (including phenoxy) is 1. The van der Waals surface area contributed by atoms with Gasteiger partial charge < -0.3 is 15.0 Å². The van der Waals surface area contributed by atoms with Gasteiger partial charge in [0.1, 0.15) is 11.9 Å². The van der Waals surface area contributed by atoms with E-state index in [0.717, 1.165) is 47.5 Å². The van der Waals surface area contributed by atoms with Gasteiger partial charge in [0.25, 0.3) is 0 Å². The van der Waals surface area contributed by atoms with Gasteiger partial charge in [-0.3, -0.25) is 9.38 Å². The zero-order chi connectivity index (χ0) is 20.5. The van der Waals surface area contributed by atoms with Crippen molar-refractivity contribution in [2.75, 3.05) is 0 Å². The van der Waals surface area contributed by atoms with E-state index in [1.54, 1.807) is 18.6 Å². The van der Waals surface area contributed by atoms with Gasteiger partial charge >= 0.3 is 6.09 Å². The lowest BCUT2D eigenvalue weighted by Crippen LogP contribution is -2.27. The van der Waals surface area contributed by atoms with Crippen LogP contribution >= 0.6 is 0 Å². The number of aromatic nitrogens is 6. The van der Waals surface area contributed by atoms with Crippen molar-refractivity contribution < 1.29 is 9.53 Å². The van der Waals surface area contributed by atoms with Gasteiger partial charge in [-0.2, -0.15) is 0 Å². The van der Waals surface area contributed by atoms with Crippen LogP contribution < -0.4 is 5.32 Å². The average molecular weight is 405 g/mol. The molecule has 2 N–H and O–H groups in total. The van der Waals surface area contributed by atoms with E-state index in [2.05, 4.69) is 41.8 Å². The van der Waals surface area contributed by atoms with Crippen molar-refractivity contribution in [1.82, 2.24) is 34.9 Å². The van der Waals surface area contributed by atoms with Gasteiger partial charge in [0.2, 0.25) is 0 Å². The first-order valence-electron chi connectivity index (χ1n) is 10.2. The Kier molecular flexibility index (Phi) is 4.78. The molecule has 30 heavy (non-hydrogen) atoms. The molecule has 3 atom stereocenters. The second kappa shape index (κ2) is 7.74. The van der Waals surface area contributed by atoms with Crippen molar-refractivity contribution in [3.8, 4) is 0 Å². The topological polar surface area (TPSA) is 110 Å². The van der Waals surface area contributed by atoms with E-state index >= 15 is 0 Å². The Labute approximate surface area is 172 Å². The number of aromatic amines is 1. The third-order valence-electron chi connectivity index (χ3n) is 5.91. The van der Waals surface area contributed by atoms with E-state index < -0.39 is 6.09 Å². The SMILES string of the molecule is CC[C@@H]1C[C@H](OC(=O)NCc2cccnc2)C[C@@H]1c1nnc2cnc3[nH]ccc3n12. The molecule has 0 radical (unpaired) electrons. The number of H-pyrrole nitrogens is 1. The van der Waals surface area contributed by atoms with Gasteiger partial charge in [-0.25, -0.2) is 9.78 Å². The number of amides is 1. The van der Waals surface area contributed by atoms with Gasteiger partial charge in [0, 0.05) is 31.1 Å². The molecule has 1 saturated carbocycles. The number of nitrogens with one attached hydrogen (secondary N) is 2. The Morgan fingerprint density at radius 1 is 1.30 bits per heavy atom. The molecule has 9 heteroatoms. The predicted molar refractivity (Wildman–Crippen MR) is 110 cm³/mol. The minimum Gasteiger partial charge on any atom is -0.446 e. The molecular weight excluding hydrogens is 382 g/mol. The molecule has 0 bridgehead atoms. The maximum Gasteiger partial charge on any atom is 0.407 e. The zero-order valence-corrected chi connectivity index (χ0v) is 16.7. The maximum atomic E-state index is 12.3. The average Bonchev–Trinajstić information content (AvgIpc) is 3.49. The summed E-state index contributed by atoms with van der Waals surface area (Å²) in [6.07, 6.45) is 9.01. The lowest BCUT2D eigenvalue weighted by molar-refractivity contribution is 0.0977. The summed E-state index contributed by atoms with van der Waals surface area (Å²) in [6.45, 7) is 2.56. The van der Waals surface area contributed by atoms with Crippen LogP contribution in [0.25, 0.3) is 16.8 Å². The van der Waals surface area contributed by atoms with E-state index in [9.17, 15) is 4.79 Å². The van der Waals surface area contributed by atoms with Crippen LogP contribution in [0, 0.1) is 5.92 Å². The summed E-state index contributed by atoms with van der Waals surface area (Å²) in [6, 6.07) is 5.74. The van der Waals surface area contributed by atoms with Crippen LogP contribution in [-0.2, 0) is 11.3 Å². The predicted octanol–water partition coefficient (Wildman–Crippen LogP) is 3.20. The van der Waals surface area contributed by atoms with Crippen LogP contribution in [0.4, 0.5) is 4.79 Å². The number of carbonyl (C=O) groups is 1. The Hall–Kier alpha value is -3.49. The number of hydrogen-bond acceptors (Lipinski definition) is 6. The highest BCUT2D eigenvalue weighted by Gasteiger charge is 2.39. The summed E-state index contributed by atoms with van der Waals surface area (Å²) in [5.41, 5.74) is 3.42. The van der Waals surface area contributed by atoms with E-state index in [1.807, 2.05) is 24.4 Å². The monoisotopic (exact) mass is 405 g/mol. The second-order valence-electron chi connectivity index (χ2n) is 7.71. The first-order valence-corrected chi connectivity index (χ1v) is 10.2. The van der Waals surface area contributed by atoms with Crippen LogP contribution in [0.3, 0.4) is 0 Å². The third-order valence-corrected chi connectivity index (χ3v) is 5.91. The molecule has 154 valence electrons. The lowest BCUT2D eigenvalue weighted by Gasteiger charge is -2.15. The van der Waals surface area contributed by atoms with Gasteiger partial charge in [-0.1, -0.05) is 19.4 Å². The van der Waals surface area contributed by atoms with E-state index in [0.29, 0.717) is 12.5 Å². The highest BCUT2D eigenvalue weighted by atomic mass is 16.6. The van der Waals surface area contributed by atoms with Crippen molar-refractivity contribution in [3.63, 3.8) is 0 Å². The molecular formula is C21H23N7O2. The molecule has 4 aromatic rings. The molecule has 4 aromatic heterocycles. The summed E-state index contributed by atoms with van der Waals surface area (Å²) >= 11 is 0. The summed E-state index contributed by atoms with van der Waals surface area (Å²) in [4.78, 5) is 23.9. The zero-order valence-electron chi connectivity index (χ0n) is 16.7. The van der Waals surface area contributed by atoms with Crippen LogP contribution in [-0.4, -0.2) is 41.7 Å². The minimum atomic E-state index is -0.400. The van der Waals surface area contributed by atoms with Crippen molar-refractivity contribution in [1.29, 1.82) is 0 Å². The van der Waals surface area contributed by atoms with E-state index in [4.69, 9.17) is 4.74 Å². The molecule has 0 aromatic carbocycles. The number of hydrogen-bond donors (Lipinski definition) is 2. The molecule has 0 aliphatic heterocycles. The fourth-order valence-corrected chi connectivity index (χ4v) is 4.45. The molecule has 4 heterocycles. The molecule has 1 aliphatic rings.